The van der Waals surface area contributed by atoms with Crippen molar-refractivity contribution in [3.8, 4) is 0 Å². The van der Waals surface area contributed by atoms with Gasteiger partial charge in [0.05, 0.1) is 0 Å². The van der Waals surface area contributed by atoms with Gasteiger partial charge in [-0.05, 0) is 99.7 Å². The lowest BCUT2D eigenvalue weighted by Crippen LogP contribution is -2.25. The molecule has 0 aliphatic heterocycles. The van der Waals surface area contributed by atoms with Crippen LogP contribution in [0.5, 0.6) is 0 Å². The van der Waals surface area contributed by atoms with Gasteiger partial charge in [-0.15, -0.1) is 6.58 Å². The first-order valence-electron chi connectivity index (χ1n) is 13.6. The monoisotopic (exact) mass is 398 g/mol. The summed E-state index contributed by atoms with van der Waals surface area (Å²) in [6, 6.07) is 0. The molecular formula is C29H50. The molecule has 0 aromatic heterocycles. The first kappa shape index (κ1) is 23.1. The van der Waals surface area contributed by atoms with Gasteiger partial charge in [-0.25, -0.2) is 0 Å². The quantitative estimate of drug-likeness (QED) is 0.321. The van der Waals surface area contributed by atoms with Crippen molar-refractivity contribution in [3.63, 3.8) is 0 Å². The minimum atomic E-state index is 0.900. The van der Waals surface area contributed by atoms with Gasteiger partial charge in [0.15, 0.2) is 0 Å². The maximum absolute atomic E-state index is 3.88. The lowest BCUT2D eigenvalue weighted by atomic mass is 9.68. The van der Waals surface area contributed by atoms with E-state index in [1.807, 2.05) is 0 Å². The van der Waals surface area contributed by atoms with E-state index in [-0.39, 0.29) is 0 Å². The molecule has 0 atom stereocenters. The summed E-state index contributed by atoms with van der Waals surface area (Å²) in [5.41, 5.74) is 0. The molecule has 3 saturated carbocycles. The molecule has 0 spiro atoms. The first-order chi connectivity index (χ1) is 14.3. The number of allylic oxidation sites excluding steroid dienone is 3. The van der Waals surface area contributed by atoms with E-state index >= 15 is 0 Å². The fourth-order valence-electron chi connectivity index (χ4n) is 6.95. The fraction of sp³-hybridized carbons (Fsp3) is 0.862. The highest BCUT2D eigenvalue weighted by Gasteiger charge is 2.30. The summed E-state index contributed by atoms with van der Waals surface area (Å²) in [7, 11) is 0. The second-order valence-corrected chi connectivity index (χ2v) is 11.0. The van der Waals surface area contributed by atoms with Crippen molar-refractivity contribution in [2.24, 2.45) is 35.5 Å². The number of hydrogen-bond donors (Lipinski definition) is 0. The van der Waals surface area contributed by atoms with E-state index in [0.717, 1.165) is 35.5 Å². The zero-order chi connectivity index (χ0) is 20.3. The molecular weight excluding hydrogens is 348 g/mol. The van der Waals surface area contributed by atoms with Crippen molar-refractivity contribution in [2.75, 3.05) is 0 Å². The number of hydrogen-bond acceptors (Lipinski definition) is 0. The van der Waals surface area contributed by atoms with Crippen LogP contribution in [-0.2, 0) is 0 Å². The van der Waals surface area contributed by atoms with Crippen LogP contribution in [-0.4, -0.2) is 0 Å². The van der Waals surface area contributed by atoms with Crippen LogP contribution in [0, 0.1) is 35.5 Å². The van der Waals surface area contributed by atoms with Gasteiger partial charge in [-0.1, -0.05) is 76.5 Å². The Kier molecular flexibility index (Phi) is 10.4. The largest absolute Gasteiger partial charge is 0.103 e. The van der Waals surface area contributed by atoms with E-state index in [4.69, 9.17) is 0 Å². The Labute approximate surface area is 183 Å². The van der Waals surface area contributed by atoms with Gasteiger partial charge < -0.3 is 0 Å². The normalized spacial score (nSPS) is 36.3. The summed E-state index contributed by atoms with van der Waals surface area (Å²) in [6.45, 7) is 6.24. The van der Waals surface area contributed by atoms with Crippen molar-refractivity contribution < 1.29 is 0 Å². The molecule has 0 nitrogen and oxygen atoms in total. The van der Waals surface area contributed by atoms with Gasteiger partial charge in [-0.3, -0.25) is 0 Å². The molecule has 0 heterocycles. The van der Waals surface area contributed by atoms with Gasteiger partial charge in [0.25, 0.3) is 0 Å². The van der Waals surface area contributed by atoms with Crippen LogP contribution < -0.4 is 0 Å². The minimum absolute atomic E-state index is 0.900. The molecule has 3 aliphatic rings. The molecule has 166 valence electrons. The Morgan fingerprint density at radius 2 is 1.10 bits per heavy atom. The third-order valence-electron chi connectivity index (χ3n) is 8.97. The Morgan fingerprint density at radius 3 is 1.66 bits per heavy atom. The molecule has 0 N–H and O–H groups in total. The molecule has 0 aromatic carbocycles. The second-order valence-electron chi connectivity index (χ2n) is 11.0. The van der Waals surface area contributed by atoms with Gasteiger partial charge in [0, 0.05) is 0 Å². The lowest BCUT2D eigenvalue weighted by Gasteiger charge is -2.37. The zero-order valence-corrected chi connectivity index (χ0v) is 19.6. The first-order valence-corrected chi connectivity index (χ1v) is 13.6. The predicted molar refractivity (Wildman–Crippen MR) is 129 cm³/mol. The van der Waals surface area contributed by atoms with Gasteiger partial charge in [-0.2, -0.15) is 0 Å². The van der Waals surface area contributed by atoms with E-state index in [9.17, 15) is 0 Å². The van der Waals surface area contributed by atoms with Crippen LogP contribution in [0.15, 0.2) is 24.8 Å². The highest BCUT2D eigenvalue weighted by atomic mass is 14.4. The summed E-state index contributed by atoms with van der Waals surface area (Å²) in [6.07, 6.45) is 33.6. The SMILES string of the molecule is C=CCCC1CCC(CCC=CC2CCC(C3CCC(CCC)CC3)CC2)CC1. The second kappa shape index (κ2) is 13.0. The molecule has 0 radical (unpaired) electrons. The summed E-state index contributed by atoms with van der Waals surface area (Å²) >= 11 is 0. The van der Waals surface area contributed by atoms with Gasteiger partial charge >= 0.3 is 0 Å². The molecule has 0 saturated heterocycles. The molecule has 3 aliphatic carbocycles. The molecule has 3 rings (SSSR count). The summed E-state index contributed by atoms with van der Waals surface area (Å²) in [4.78, 5) is 0. The van der Waals surface area contributed by atoms with Crippen molar-refractivity contribution in [1.82, 2.24) is 0 Å². The third kappa shape index (κ3) is 7.91. The zero-order valence-electron chi connectivity index (χ0n) is 19.6. The van der Waals surface area contributed by atoms with Crippen LogP contribution in [0.1, 0.15) is 122 Å². The third-order valence-corrected chi connectivity index (χ3v) is 8.97. The van der Waals surface area contributed by atoms with Crippen LogP contribution >= 0.6 is 0 Å². The average molecular weight is 399 g/mol. The molecule has 3 fully saturated rings. The van der Waals surface area contributed by atoms with Crippen LogP contribution in [0.3, 0.4) is 0 Å². The minimum Gasteiger partial charge on any atom is -0.103 e. The van der Waals surface area contributed by atoms with Gasteiger partial charge in [0.1, 0.15) is 0 Å². The van der Waals surface area contributed by atoms with E-state index in [1.165, 1.54) is 103 Å². The molecule has 0 unspecified atom stereocenters. The van der Waals surface area contributed by atoms with Crippen molar-refractivity contribution >= 4 is 0 Å². The highest BCUT2D eigenvalue weighted by molar-refractivity contribution is 4.93. The van der Waals surface area contributed by atoms with Gasteiger partial charge in [0.2, 0.25) is 0 Å². The smallest absolute Gasteiger partial charge is 0.0233 e. The number of rotatable bonds is 10. The molecule has 29 heavy (non-hydrogen) atoms. The van der Waals surface area contributed by atoms with E-state index < -0.39 is 0 Å². The lowest BCUT2D eigenvalue weighted by molar-refractivity contribution is 0.152. The standard InChI is InChI=1S/C29H50/c1-3-5-9-25-12-14-26(15-13-25)10-6-7-11-27-18-22-29(23-19-27)28-20-16-24(8-4-2)17-21-28/h3,7,11,24-29H,1,4-6,8-10,12-23H2,2H3. The summed E-state index contributed by atoms with van der Waals surface area (Å²) < 4.78 is 0. The average Bonchev–Trinajstić information content (AvgIpc) is 2.77. The molecule has 0 bridgehead atoms. The van der Waals surface area contributed by atoms with E-state index in [1.54, 1.807) is 12.8 Å². The van der Waals surface area contributed by atoms with Crippen molar-refractivity contribution in [1.29, 1.82) is 0 Å². The molecule has 0 aromatic rings. The Balaban J connectivity index is 1.25. The maximum Gasteiger partial charge on any atom is -0.0233 e. The van der Waals surface area contributed by atoms with Crippen molar-refractivity contribution in [2.45, 2.75) is 122 Å². The fourth-order valence-corrected chi connectivity index (χ4v) is 6.95. The van der Waals surface area contributed by atoms with Crippen LogP contribution in [0.2, 0.25) is 0 Å². The Hall–Kier alpha value is -0.520. The maximum atomic E-state index is 3.88. The topological polar surface area (TPSA) is 0 Å². The predicted octanol–water partition coefficient (Wildman–Crippen LogP) is 9.51. The molecule has 0 amide bonds. The summed E-state index contributed by atoms with van der Waals surface area (Å²) in [5, 5.41) is 0. The van der Waals surface area contributed by atoms with Crippen LogP contribution in [0.4, 0.5) is 0 Å². The van der Waals surface area contributed by atoms with E-state index in [0.29, 0.717) is 0 Å². The Bertz CT molecular complexity index is 450. The highest BCUT2D eigenvalue weighted by Crippen LogP contribution is 2.42. The summed E-state index contributed by atoms with van der Waals surface area (Å²) in [5.74, 6) is 6.12. The Morgan fingerprint density at radius 1 is 0.621 bits per heavy atom. The molecule has 0 heteroatoms. The van der Waals surface area contributed by atoms with E-state index in [2.05, 4.69) is 31.7 Å². The van der Waals surface area contributed by atoms with Crippen LogP contribution in [0.25, 0.3) is 0 Å². The van der Waals surface area contributed by atoms with Crippen molar-refractivity contribution in [3.05, 3.63) is 24.8 Å².